The molecule has 0 atom stereocenters. The van der Waals surface area contributed by atoms with Gasteiger partial charge in [0.25, 0.3) is 5.91 Å². The Morgan fingerprint density at radius 2 is 1.67 bits per heavy atom. The first kappa shape index (κ1) is 15.0. The summed E-state index contributed by atoms with van der Waals surface area (Å²) in [5, 5.41) is 2.39. The number of alkyl halides is 3. The Bertz CT molecular complexity index is 638. The number of hydrogen-bond acceptors (Lipinski definition) is 1. The zero-order valence-electron chi connectivity index (χ0n) is 10.7. The van der Waals surface area contributed by atoms with Gasteiger partial charge in [0.2, 0.25) is 0 Å². The highest BCUT2D eigenvalue weighted by atomic mass is 19.4. The zero-order chi connectivity index (χ0) is 15.5. The van der Waals surface area contributed by atoms with E-state index in [1.54, 1.807) is 30.3 Å². The summed E-state index contributed by atoms with van der Waals surface area (Å²) in [6.07, 6.45) is -4.83. The van der Waals surface area contributed by atoms with Crippen LogP contribution in [-0.4, -0.2) is 5.91 Å². The van der Waals surface area contributed by atoms with Crippen LogP contribution in [-0.2, 0) is 12.7 Å². The van der Waals surface area contributed by atoms with Crippen LogP contribution in [0.4, 0.5) is 17.6 Å². The fraction of sp³-hybridized carbons (Fsp3) is 0.133. The quantitative estimate of drug-likeness (QED) is 0.858. The highest BCUT2D eigenvalue weighted by Gasteiger charge is 2.35. The van der Waals surface area contributed by atoms with Gasteiger partial charge in [0.05, 0.1) is 11.1 Å². The van der Waals surface area contributed by atoms with Crippen molar-refractivity contribution in [2.75, 3.05) is 0 Å². The van der Waals surface area contributed by atoms with E-state index in [0.717, 1.165) is 17.7 Å². The third-order valence-corrected chi connectivity index (χ3v) is 2.84. The van der Waals surface area contributed by atoms with Gasteiger partial charge in [0, 0.05) is 6.54 Å². The molecule has 0 saturated carbocycles. The number of carbonyl (C=O) groups is 1. The third-order valence-electron chi connectivity index (χ3n) is 2.84. The minimum Gasteiger partial charge on any atom is -0.348 e. The molecule has 1 amide bonds. The van der Waals surface area contributed by atoms with E-state index >= 15 is 0 Å². The van der Waals surface area contributed by atoms with E-state index in [0.29, 0.717) is 6.07 Å². The summed E-state index contributed by atoms with van der Waals surface area (Å²) in [7, 11) is 0. The molecule has 2 nitrogen and oxygen atoms in total. The Morgan fingerprint density at radius 1 is 1.00 bits per heavy atom. The molecule has 0 heterocycles. The molecule has 0 aromatic heterocycles. The molecule has 2 aromatic carbocycles. The molecule has 2 aromatic rings. The Kier molecular flexibility index (Phi) is 4.26. The molecule has 21 heavy (non-hydrogen) atoms. The molecule has 0 aliphatic carbocycles. The van der Waals surface area contributed by atoms with E-state index in [4.69, 9.17) is 0 Å². The summed E-state index contributed by atoms with van der Waals surface area (Å²) in [5.74, 6) is -2.45. The predicted octanol–water partition coefficient (Wildman–Crippen LogP) is 3.77. The van der Waals surface area contributed by atoms with Crippen LogP contribution in [0.1, 0.15) is 21.5 Å². The average molecular weight is 297 g/mol. The molecule has 0 aliphatic heterocycles. The minimum absolute atomic E-state index is 0.107. The van der Waals surface area contributed by atoms with Crippen molar-refractivity contribution < 1.29 is 22.4 Å². The van der Waals surface area contributed by atoms with Crippen LogP contribution < -0.4 is 5.32 Å². The second-order valence-electron chi connectivity index (χ2n) is 4.33. The summed E-state index contributed by atoms with van der Waals surface area (Å²) in [6.45, 7) is 0.107. The molecule has 1 N–H and O–H groups in total. The van der Waals surface area contributed by atoms with Crippen LogP contribution in [0, 0.1) is 5.82 Å². The van der Waals surface area contributed by atoms with Gasteiger partial charge < -0.3 is 5.32 Å². The van der Waals surface area contributed by atoms with Gasteiger partial charge in [0.15, 0.2) is 0 Å². The van der Waals surface area contributed by atoms with E-state index in [1.807, 2.05) is 0 Å². The van der Waals surface area contributed by atoms with Crippen LogP contribution in [0.5, 0.6) is 0 Å². The van der Waals surface area contributed by atoms with Crippen molar-refractivity contribution in [3.8, 4) is 0 Å². The number of amides is 1. The molecule has 0 radical (unpaired) electrons. The van der Waals surface area contributed by atoms with Crippen LogP contribution in [0.25, 0.3) is 0 Å². The number of benzene rings is 2. The van der Waals surface area contributed by atoms with Gasteiger partial charge in [-0.3, -0.25) is 4.79 Å². The van der Waals surface area contributed by atoms with Crippen molar-refractivity contribution >= 4 is 5.91 Å². The maximum Gasteiger partial charge on any atom is 0.419 e. The van der Waals surface area contributed by atoms with Gasteiger partial charge in [-0.15, -0.1) is 0 Å². The highest BCUT2D eigenvalue weighted by molar-refractivity contribution is 5.94. The van der Waals surface area contributed by atoms with E-state index in [1.165, 1.54) is 0 Å². The van der Waals surface area contributed by atoms with Crippen molar-refractivity contribution in [2.24, 2.45) is 0 Å². The lowest BCUT2D eigenvalue weighted by Crippen LogP contribution is -2.25. The van der Waals surface area contributed by atoms with E-state index in [2.05, 4.69) is 5.32 Å². The molecule has 2 rings (SSSR count). The molecule has 0 saturated heterocycles. The predicted molar refractivity (Wildman–Crippen MR) is 69.0 cm³/mol. The molecule has 0 bridgehead atoms. The molecule has 110 valence electrons. The number of halogens is 4. The first-order valence-electron chi connectivity index (χ1n) is 6.07. The molecular weight excluding hydrogens is 286 g/mol. The SMILES string of the molecule is O=C(NCc1ccccc1)c1cccc(C(F)(F)F)c1F. The normalized spacial score (nSPS) is 11.2. The summed E-state index contributed by atoms with van der Waals surface area (Å²) in [6, 6.07) is 11.4. The highest BCUT2D eigenvalue weighted by Crippen LogP contribution is 2.32. The topological polar surface area (TPSA) is 29.1 Å². The molecule has 0 spiro atoms. The maximum absolute atomic E-state index is 13.8. The van der Waals surface area contributed by atoms with Gasteiger partial charge in [-0.1, -0.05) is 36.4 Å². The zero-order valence-corrected chi connectivity index (χ0v) is 10.7. The molecule has 0 unspecified atom stereocenters. The van der Waals surface area contributed by atoms with Crippen molar-refractivity contribution in [3.63, 3.8) is 0 Å². The molecule has 0 aliphatic rings. The average Bonchev–Trinajstić information content (AvgIpc) is 2.45. The van der Waals surface area contributed by atoms with Crippen molar-refractivity contribution in [2.45, 2.75) is 12.7 Å². The lowest BCUT2D eigenvalue weighted by molar-refractivity contribution is -0.140. The second kappa shape index (κ2) is 5.95. The summed E-state index contributed by atoms with van der Waals surface area (Å²) in [5.41, 5.74) is -1.31. The maximum atomic E-state index is 13.8. The minimum atomic E-state index is -4.83. The number of hydrogen-bond donors (Lipinski definition) is 1. The van der Waals surface area contributed by atoms with Crippen LogP contribution >= 0.6 is 0 Å². The molecule has 6 heteroatoms. The second-order valence-corrected chi connectivity index (χ2v) is 4.33. The Balaban J connectivity index is 2.17. The van der Waals surface area contributed by atoms with Gasteiger partial charge in [-0.25, -0.2) is 4.39 Å². The first-order chi connectivity index (χ1) is 9.89. The van der Waals surface area contributed by atoms with Gasteiger partial charge >= 0.3 is 6.18 Å². The molecular formula is C15H11F4NO. The number of nitrogens with one attached hydrogen (secondary N) is 1. The standard InChI is InChI=1S/C15H11F4NO/c16-13-11(7-4-8-12(13)15(17,18)19)14(21)20-9-10-5-2-1-3-6-10/h1-8H,9H2,(H,20,21). The number of carbonyl (C=O) groups excluding carboxylic acids is 1. The lowest BCUT2D eigenvalue weighted by atomic mass is 10.1. The van der Waals surface area contributed by atoms with Gasteiger partial charge in [-0.05, 0) is 17.7 Å². The summed E-state index contributed by atoms with van der Waals surface area (Å²) >= 11 is 0. The Hall–Kier alpha value is -2.37. The third kappa shape index (κ3) is 3.59. The van der Waals surface area contributed by atoms with Crippen LogP contribution in [0.3, 0.4) is 0 Å². The van der Waals surface area contributed by atoms with E-state index in [9.17, 15) is 22.4 Å². The fourth-order valence-electron chi connectivity index (χ4n) is 1.80. The van der Waals surface area contributed by atoms with E-state index < -0.39 is 29.0 Å². The first-order valence-corrected chi connectivity index (χ1v) is 6.07. The fourth-order valence-corrected chi connectivity index (χ4v) is 1.80. The van der Waals surface area contributed by atoms with Crippen molar-refractivity contribution in [1.29, 1.82) is 0 Å². The molecule has 0 fully saturated rings. The van der Waals surface area contributed by atoms with Crippen molar-refractivity contribution in [1.82, 2.24) is 5.32 Å². The van der Waals surface area contributed by atoms with Crippen molar-refractivity contribution in [3.05, 3.63) is 71.0 Å². The summed E-state index contributed by atoms with van der Waals surface area (Å²) < 4.78 is 51.5. The van der Waals surface area contributed by atoms with Crippen LogP contribution in [0.2, 0.25) is 0 Å². The largest absolute Gasteiger partial charge is 0.419 e. The monoisotopic (exact) mass is 297 g/mol. The smallest absolute Gasteiger partial charge is 0.348 e. The van der Waals surface area contributed by atoms with Gasteiger partial charge in [0.1, 0.15) is 5.82 Å². The lowest BCUT2D eigenvalue weighted by Gasteiger charge is -2.11. The van der Waals surface area contributed by atoms with Gasteiger partial charge in [-0.2, -0.15) is 13.2 Å². The van der Waals surface area contributed by atoms with E-state index in [-0.39, 0.29) is 6.54 Å². The Morgan fingerprint density at radius 3 is 2.29 bits per heavy atom. The number of rotatable bonds is 3. The van der Waals surface area contributed by atoms with Crippen LogP contribution in [0.15, 0.2) is 48.5 Å². The Labute approximate surface area is 118 Å². The summed E-state index contributed by atoms with van der Waals surface area (Å²) in [4.78, 5) is 11.8.